The summed E-state index contributed by atoms with van der Waals surface area (Å²) >= 11 is 6.07. The quantitative estimate of drug-likeness (QED) is 0.385. The SMILES string of the molecule is COCCCC[C@@](O)(c1cccc(Cl)c1F)C1CCCN(C(=O)N[C@H](CN)CC2CCCCO2)C1. The third kappa shape index (κ3) is 7.52. The minimum atomic E-state index is -1.44. The van der Waals surface area contributed by atoms with Crippen LogP contribution in [0, 0.1) is 11.7 Å². The Bertz CT molecular complexity index is 811. The molecule has 3 rings (SSSR count). The van der Waals surface area contributed by atoms with E-state index >= 15 is 4.39 Å². The average molecular weight is 514 g/mol. The van der Waals surface area contributed by atoms with Crippen LogP contribution in [0.2, 0.25) is 5.02 Å². The maximum atomic E-state index is 15.1. The first kappa shape index (κ1) is 28.1. The number of likely N-dealkylation sites (tertiary alicyclic amines) is 1. The lowest BCUT2D eigenvalue weighted by atomic mass is 9.74. The Balaban J connectivity index is 1.71. The molecule has 2 amide bonds. The van der Waals surface area contributed by atoms with Crippen LogP contribution in [-0.2, 0) is 15.1 Å². The number of nitrogens with two attached hydrogens (primary N) is 1. The van der Waals surface area contributed by atoms with Gasteiger partial charge in [0.05, 0.1) is 16.7 Å². The van der Waals surface area contributed by atoms with Gasteiger partial charge in [-0.3, -0.25) is 0 Å². The molecule has 0 bridgehead atoms. The van der Waals surface area contributed by atoms with E-state index in [0.29, 0.717) is 51.9 Å². The number of unbranched alkanes of at least 4 members (excludes halogenated alkanes) is 1. The van der Waals surface area contributed by atoms with Crippen LogP contribution >= 0.6 is 11.6 Å². The molecule has 0 aromatic heterocycles. The zero-order valence-electron chi connectivity index (χ0n) is 20.8. The lowest BCUT2D eigenvalue weighted by molar-refractivity contribution is -0.0588. The van der Waals surface area contributed by atoms with Crippen LogP contribution in [0.4, 0.5) is 9.18 Å². The molecule has 2 aliphatic rings. The van der Waals surface area contributed by atoms with Gasteiger partial charge in [-0.15, -0.1) is 0 Å². The molecule has 2 heterocycles. The molecule has 0 saturated carbocycles. The smallest absolute Gasteiger partial charge is 0.317 e. The Labute approximate surface area is 213 Å². The zero-order chi connectivity index (χ0) is 25.3. The van der Waals surface area contributed by atoms with Gasteiger partial charge in [0.15, 0.2) is 0 Å². The van der Waals surface area contributed by atoms with Crippen molar-refractivity contribution in [1.29, 1.82) is 0 Å². The average Bonchev–Trinajstić information content (AvgIpc) is 2.88. The molecule has 1 aromatic carbocycles. The van der Waals surface area contributed by atoms with Crippen LogP contribution in [0.1, 0.15) is 63.4 Å². The normalized spacial score (nSPS) is 23.5. The van der Waals surface area contributed by atoms with Crippen molar-refractivity contribution in [2.24, 2.45) is 11.7 Å². The standard InChI is InChI=1S/C26H41ClFN3O4/c1-34-14-5-3-12-26(33,22-10-6-11-23(27)24(22)28)19-8-7-13-31(18-19)25(32)30-20(17-29)16-21-9-2-4-15-35-21/h6,10-11,19-21,33H,2-5,7-9,12-18,29H2,1H3,(H,30,32)/t19?,20-,21?,26-/m0/s1. The number of carbonyl (C=O) groups excluding carboxylic acids is 1. The molecule has 0 radical (unpaired) electrons. The number of hydrogen-bond acceptors (Lipinski definition) is 5. The highest BCUT2D eigenvalue weighted by Gasteiger charge is 2.43. The van der Waals surface area contributed by atoms with E-state index in [2.05, 4.69) is 5.32 Å². The number of methoxy groups -OCH3 is 1. The van der Waals surface area contributed by atoms with Gasteiger partial charge in [0, 0.05) is 57.5 Å². The number of rotatable bonds is 11. The second kappa shape index (κ2) is 13.7. The fourth-order valence-corrected chi connectivity index (χ4v) is 5.55. The number of carbonyl (C=O) groups is 1. The van der Waals surface area contributed by atoms with Gasteiger partial charge in [-0.25, -0.2) is 9.18 Å². The van der Waals surface area contributed by atoms with Crippen LogP contribution in [0.5, 0.6) is 0 Å². The van der Waals surface area contributed by atoms with E-state index in [1.807, 2.05) is 0 Å². The first-order chi connectivity index (χ1) is 16.9. The van der Waals surface area contributed by atoms with Crippen LogP contribution in [0.25, 0.3) is 0 Å². The maximum Gasteiger partial charge on any atom is 0.317 e. The molecule has 0 aliphatic carbocycles. The predicted molar refractivity (Wildman–Crippen MR) is 135 cm³/mol. The third-order valence-corrected chi connectivity index (χ3v) is 7.68. The summed E-state index contributed by atoms with van der Waals surface area (Å²) in [5.41, 5.74) is 4.72. The Morgan fingerprint density at radius 3 is 2.91 bits per heavy atom. The summed E-state index contributed by atoms with van der Waals surface area (Å²) in [6.07, 6.45) is 7.18. The third-order valence-electron chi connectivity index (χ3n) is 7.39. The van der Waals surface area contributed by atoms with E-state index in [0.717, 1.165) is 38.7 Å². The number of nitrogens with zero attached hydrogens (tertiary/aromatic N) is 1. The number of aliphatic hydroxyl groups is 1. The van der Waals surface area contributed by atoms with Crippen molar-refractivity contribution in [3.05, 3.63) is 34.6 Å². The van der Waals surface area contributed by atoms with Crippen LogP contribution in [0.3, 0.4) is 0 Å². The monoisotopic (exact) mass is 513 g/mol. The molecule has 7 nitrogen and oxygen atoms in total. The van der Waals surface area contributed by atoms with E-state index in [-0.39, 0.29) is 34.7 Å². The van der Waals surface area contributed by atoms with Crippen LogP contribution in [0.15, 0.2) is 18.2 Å². The number of nitrogens with one attached hydrogen (secondary N) is 1. The molecular weight excluding hydrogens is 473 g/mol. The van der Waals surface area contributed by atoms with Crippen molar-refractivity contribution in [3.8, 4) is 0 Å². The van der Waals surface area contributed by atoms with Gasteiger partial charge in [0.2, 0.25) is 0 Å². The van der Waals surface area contributed by atoms with E-state index in [4.69, 9.17) is 26.8 Å². The minimum absolute atomic E-state index is 0.0149. The Kier molecular flexibility index (Phi) is 11.0. The van der Waals surface area contributed by atoms with Crippen molar-refractivity contribution < 1.29 is 23.8 Å². The number of amides is 2. The van der Waals surface area contributed by atoms with Crippen molar-refractivity contribution in [2.45, 2.75) is 75.5 Å². The molecule has 0 spiro atoms. The Morgan fingerprint density at radius 1 is 1.37 bits per heavy atom. The molecule has 2 fully saturated rings. The lowest BCUT2D eigenvalue weighted by Gasteiger charge is -2.43. The summed E-state index contributed by atoms with van der Waals surface area (Å²) in [5.74, 6) is -0.920. The van der Waals surface area contributed by atoms with Crippen molar-refractivity contribution in [3.63, 3.8) is 0 Å². The molecule has 2 saturated heterocycles. The second-order valence-electron chi connectivity index (χ2n) is 9.87. The number of hydrogen-bond donors (Lipinski definition) is 3. The number of ether oxygens (including phenoxy) is 2. The fraction of sp³-hybridized carbons (Fsp3) is 0.731. The van der Waals surface area contributed by atoms with Crippen molar-refractivity contribution in [2.75, 3.05) is 40.0 Å². The number of urea groups is 1. The van der Waals surface area contributed by atoms with Gasteiger partial charge in [0.1, 0.15) is 5.82 Å². The largest absolute Gasteiger partial charge is 0.385 e. The predicted octanol–water partition coefficient (Wildman–Crippen LogP) is 4.19. The van der Waals surface area contributed by atoms with Gasteiger partial charge < -0.3 is 30.5 Å². The van der Waals surface area contributed by atoms with Crippen molar-refractivity contribution >= 4 is 17.6 Å². The lowest BCUT2D eigenvalue weighted by Crippen LogP contribution is -2.54. The molecular formula is C26H41ClFN3O4. The fourth-order valence-electron chi connectivity index (χ4n) is 5.38. The zero-order valence-corrected chi connectivity index (χ0v) is 21.6. The van der Waals surface area contributed by atoms with Crippen molar-refractivity contribution in [1.82, 2.24) is 10.2 Å². The first-order valence-corrected chi connectivity index (χ1v) is 13.3. The summed E-state index contributed by atoms with van der Waals surface area (Å²) in [4.78, 5) is 14.9. The highest BCUT2D eigenvalue weighted by Crippen LogP contribution is 2.42. The maximum absolute atomic E-state index is 15.1. The molecule has 2 aliphatic heterocycles. The number of halogens is 2. The first-order valence-electron chi connectivity index (χ1n) is 12.9. The van der Waals surface area contributed by atoms with E-state index in [1.54, 1.807) is 24.1 Å². The topological polar surface area (TPSA) is 97.1 Å². The van der Waals surface area contributed by atoms with E-state index in [9.17, 15) is 9.90 Å². The van der Waals surface area contributed by atoms with Gasteiger partial charge in [-0.1, -0.05) is 23.7 Å². The second-order valence-corrected chi connectivity index (χ2v) is 10.3. The Hall–Kier alpha value is -1.45. The Morgan fingerprint density at radius 2 is 2.20 bits per heavy atom. The minimum Gasteiger partial charge on any atom is -0.385 e. The van der Waals surface area contributed by atoms with Gasteiger partial charge in [0.25, 0.3) is 0 Å². The number of piperidine rings is 1. The molecule has 4 N–H and O–H groups in total. The van der Waals surface area contributed by atoms with Gasteiger partial charge in [-0.2, -0.15) is 0 Å². The van der Waals surface area contributed by atoms with Gasteiger partial charge in [-0.05, 0) is 63.9 Å². The molecule has 2 unspecified atom stereocenters. The highest BCUT2D eigenvalue weighted by molar-refractivity contribution is 6.30. The highest BCUT2D eigenvalue weighted by atomic mass is 35.5. The molecule has 9 heteroatoms. The molecule has 198 valence electrons. The molecule has 4 atom stereocenters. The summed E-state index contributed by atoms with van der Waals surface area (Å²) in [7, 11) is 1.63. The summed E-state index contributed by atoms with van der Waals surface area (Å²) in [5, 5.41) is 15.0. The van der Waals surface area contributed by atoms with Crippen LogP contribution < -0.4 is 11.1 Å². The summed E-state index contributed by atoms with van der Waals surface area (Å²) < 4.78 is 26.0. The summed E-state index contributed by atoms with van der Waals surface area (Å²) in [6.45, 7) is 2.57. The van der Waals surface area contributed by atoms with Gasteiger partial charge >= 0.3 is 6.03 Å². The van der Waals surface area contributed by atoms with Crippen LogP contribution in [-0.4, -0.2) is 68.1 Å². The summed E-state index contributed by atoms with van der Waals surface area (Å²) in [6, 6.07) is 4.37. The van der Waals surface area contributed by atoms with E-state index < -0.39 is 11.4 Å². The number of benzene rings is 1. The molecule has 35 heavy (non-hydrogen) atoms. The van der Waals surface area contributed by atoms with E-state index in [1.165, 1.54) is 6.07 Å². The molecule has 1 aromatic rings.